The summed E-state index contributed by atoms with van der Waals surface area (Å²) in [6.07, 6.45) is 1.22. The maximum atomic E-state index is 12.4. The highest BCUT2D eigenvalue weighted by atomic mass is 32.2. The Bertz CT molecular complexity index is 501. The molecule has 0 aromatic heterocycles. The highest BCUT2D eigenvalue weighted by Crippen LogP contribution is 2.13. The summed E-state index contributed by atoms with van der Waals surface area (Å²) in [5, 5.41) is 0. The summed E-state index contributed by atoms with van der Waals surface area (Å²) in [6.45, 7) is 2.49. The number of alkyl halides is 2. The van der Waals surface area contributed by atoms with Crippen LogP contribution in [0.4, 0.5) is 8.78 Å². The molecule has 0 aliphatic carbocycles. The minimum absolute atomic E-state index is 0.0344. The summed E-state index contributed by atoms with van der Waals surface area (Å²) >= 11 is 0. The zero-order chi connectivity index (χ0) is 13.1. The Morgan fingerprint density at radius 3 is 2.24 bits per heavy atom. The number of aryl methyl sites for hydroxylation is 1. The molecule has 0 spiro atoms. The van der Waals surface area contributed by atoms with Gasteiger partial charge in [0.1, 0.15) is 0 Å². The van der Waals surface area contributed by atoms with Crippen molar-refractivity contribution in [1.29, 1.82) is 0 Å². The van der Waals surface area contributed by atoms with Crippen molar-refractivity contribution in [2.75, 3.05) is 0 Å². The third-order valence-corrected chi connectivity index (χ3v) is 3.27. The first-order valence-corrected chi connectivity index (χ1v) is 6.33. The van der Waals surface area contributed by atoms with E-state index in [9.17, 15) is 17.2 Å². The third kappa shape index (κ3) is 4.52. The molecule has 0 bridgehead atoms. The van der Waals surface area contributed by atoms with Crippen molar-refractivity contribution in [2.45, 2.75) is 24.7 Å². The van der Waals surface area contributed by atoms with E-state index in [1.165, 1.54) is 12.1 Å². The van der Waals surface area contributed by atoms with Crippen molar-refractivity contribution in [1.82, 2.24) is 4.72 Å². The number of hydrogen-bond acceptors (Lipinski definition) is 2. The van der Waals surface area contributed by atoms with Crippen LogP contribution in [-0.2, 0) is 10.0 Å². The maximum absolute atomic E-state index is 12.4. The van der Waals surface area contributed by atoms with Crippen molar-refractivity contribution in [3.8, 4) is 0 Å². The van der Waals surface area contributed by atoms with Crippen LogP contribution in [0.5, 0.6) is 0 Å². The molecule has 0 aliphatic rings. The molecule has 1 N–H and O–H groups in total. The molecule has 0 unspecified atom stereocenters. The van der Waals surface area contributed by atoms with Crippen molar-refractivity contribution in [2.24, 2.45) is 0 Å². The van der Waals surface area contributed by atoms with Crippen LogP contribution in [0.15, 0.2) is 41.4 Å². The Hall–Kier alpha value is -1.43. The second kappa shape index (κ2) is 4.83. The van der Waals surface area contributed by atoms with E-state index in [2.05, 4.69) is 0 Å². The Labute approximate surface area is 99.2 Å². The quantitative estimate of drug-likeness (QED) is 0.904. The number of hydrogen-bond donors (Lipinski definition) is 1. The van der Waals surface area contributed by atoms with E-state index in [1.54, 1.807) is 12.1 Å². The van der Waals surface area contributed by atoms with Crippen LogP contribution < -0.4 is 4.72 Å². The summed E-state index contributed by atoms with van der Waals surface area (Å²) < 4.78 is 50.1. The lowest BCUT2D eigenvalue weighted by molar-refractivity contribution is 0.0771. The SMILES string of the molecule is Cc1ccc(S(=O)(=O)NC=CC(C)(F)F)cc1. The van der Waals surface area contributed by atoms with E-state index in [4.69, 9.17) is 0 Å². The van der Waals surface area contributed by atoms with Crippen molar-refractivity contribution < 1.29 is 17.2 Å². The Kier molecular flexibility index (Phi) is 3.87. The predicted molar refractivity (Wildman–Crippen MR) is 61.3 cm³/mol. The van der Waals surface area contributed by atoms with Crippen molar-refractivity contribution >= 4 is 10.0 Å². The number of sulfonamides is 1. The van der Waals surface area contributed by atoms with Gasteiger partial charge in [-0.2, -0.15) is 0 Å². The van der Waals surface area contributed by atoms with Crippen LogP contribution in [-0.4, -0.2) is 14.3 Å². The zero-order valence-electron chi connectivity index (χ0n) is 9.44. The van der Waals surface area contributed by atoms with Gasteiger partial charge >= 0.3 is 0 Å². The molecule has 0 fully saturated rings. The molecule has 0 saturated carbocycles. The van der Waals surface area contributed by atoms with Crippen LogP contribution >= 0.6 is 0 Å². The molecule has 1 aromatic carbocycles. The molecule has 6 heteroatoms. The number of halogens is 2. The highest BCUT2D eigenvalue weighted by molar-refractivity contribution is 7.89. The second-order valence-corrected chi connectivity index (χ2v) is 5.44. The summed E-state index contributed by atoms with van der Waals surface area (Å²) in [5.41, 5.74) is 0.916. The van der Waals surface area contributed by atoms with Gasteiger partial charge in [0.2, 0.25) is 0 Å². The third-order valence-electron chi connectivity index (χ3n) is 1.93. The van der Waals surface area contributed by atoms with Crippen LogP contribution in [0.2, 0.25) is 0 Å². The van der Waals surface area contributed by atoms with Gasteiger partial charge in [-0.15, -0.1) is 0 Å². The summed E-state index contributed by atoms with van der Waals surface area (Å²) in [7, 11) is -3.77. The first-order chi connectivity index (χ1) is 7.71. The van der Waals surface area contributed by atoms with E-state index in [0.29, 0.717) is 13.0 Å². The molecule has 1 rings (SSSR count). The Morgan fingerprint density at radius 2 is 1.76 bits per heavy atom. The largest absolute Gasteiger partial charge is 0.287 e. The van der Waals surface area contributed by atoms with E-state index >= 15 is 0 Å². The molecule has 0 heterocycles. The lowest BCUT2D eigenvalue weighted by Gasteiger charge is -2.06. The maximum Gasteiger partial charge on any atom is 0.265 e. The van der Waals surface area contributed by atoms with Gasteiger partial charge in [0.15, 0.2) is 0 Å². The van der Waals surface area contributed by atoms with Gasteiger partial charge in [0, 0.05) is 19.2 Å². The summed E-state index contributed by atoms with van der Waals surface area (Å²) in [5.74, 6) is -3.05. The van der Waals surface area contributed by atoms with Crippen molar-refractivity contribution in [3.63, 3.8) is 0 Å². The monoisotopic (exact) mass is 261 g/mol. The molecule has 1 aromatic rings. The Morgan fingerprint density at radius 1 is 1.24 bits per heavy atom. The fraction of sp³-hybridized carbons (Fsp3) is 0.273. The van der Waals surface area contributed by atoms with Gasteiger partial charge in [-0.1, -0.05) is 17.7 Å². The minimum Gasteiger partial charge on any atom is -0.287 e. The number of rotatable bonds is 4. The molecule has 0 saturated heterocycles. The van der Waals surface area contributed by atoms with E-state index in [0.717, 1.165) is 11.8 Å². The topological polar surface area (TPSA) is 46.2 Å². The summed E-state index contributed by atoms with van der Waals surface area (Å²) in [6, 6.07) is 6.09. The first-order valence-electron chi connectivity index (χ1n) is 4.85. The van der Waals surface area contributed by atoms with E-state index < -0.39 is 15.9 Å². The lowest BCUT2D eigenvalue weighted by atomic mass is 10.2. The average Bonchev–Trinajstić information content (AvgIpc) is 2.15. The van der Waals surface area contributed by atoms with Crippen LogP contribution in [0.1, 0.15) is 12.5 Å². The second-order valence-electron chi connectivity index (χ2n) is 3.72. The average molecular weight is 261 g/mol. The molecular weight excluding hydrogens is 248 g/mol. The first kappa shape index (κ1) is 13.6. The van der Waals surface area contributed by atoms with Gasteiger partial charge in [0.25, 0.3) is 15.9 Å². The van der Waals surface area contributed by atoms with Gasteiger partial charge in [-0.25, -0.2) is 17.2 Å². The standard InChI is InChI=1S/C11H13F2NO2S/c1-9-3-5-10(6-4-9)17(15,16)14-8-7-11(2,12)13/h3-8,14H,1-2H3. The minimum atomic E-state index is -3.77. The number of benzene rings is 1. The molecule has 0 atom stereocenters. The molecular formula is C11H13F2NO2S. The molecule has 17 heavy (non-hydrogen) atoms. The van der Waals surface area contributed by atoms with E-state index in [-0.39, 0.29) is 4.90 Å². The fourth-order valence-electron chi connectivity index (χ4n) is 1.06. The number of nitrogens with one attached hydrogen (secondary N) is 1. The van der Waals surface area contributed by atoms with E-state index in [1.807, 2.05) is 11.6 Å². The molecule has 0 radical (unpaired) electrons. The molecule has 3 nitrogen and oxygen atoms in total. The van der Waals surface area contributed by atoms with Crippen LogP contribution in [0.3, 0.4) is 0 Å². The normalized spacial score (nSPS) is 12.9. The highest BCUT2D eigenvalue weighted by Gasteiger charge is 2.16. The molecule has 0 amide bonds. The van der Waals surface area contributed by atoms with Gasteiger partial charge in [-0.05, 0) is 19.1 Å². The predicted octanol–water partition coefficient (Wildman–Crippen LogP) is 2.44. The summed E-state index contributed by atoms with van der Waals surface area (Å²) in [4.78, 5) is 0.0344. The lowest BCUT2D eigenvalue weighted by Crippen LogP contribution is -2.19. The zero-order valence-corrected chi connectivity index (χ0v) is 10.3. The molecule has 0 aliphatic heterocycles. The fourth-order valence-corrected chi connectivity index (χ4v) is 1.93. The van der Waals surface area contributed by atoms with Crippen LogP contribution in [0, 0.1) is 6.92 Å². The Balaban J connectivity index is 2.83. The van der Waals surface area contributed by atoms with Gasteiger partial charge in [0.05, 0.1) is 4.90 Å². The number of allylic oxidation sites excluding steroid dienone is 1. The molecule has 94 valence electrons. The van der Waals surface area contributed by atoms with Gasteiger partial charge in [-0.3, -0.25) is 4.72 Å². The van der Waals surface area contributed by atoms with Crippen LogP contribution in [0.25, 0.3) is 0 Å². The van der Waals surface area contributed by atoms with Gasteiger partial charge < -0.3 is 0 Å². The van der Waals surface area contributed by atoms with Crippen molar-refractivity contribution in [3.05, 3.63) is 42.1 Å². The smallest absolute Gasteiger partial charge is 0.265 e.